The van der Waals surface area contributed by atoms with Gasteiger partial charge < -0.3 is 9.88 Å². The molecule has 0 saturated heterocycles. The van der Waals surface area contributed by atoms with Crippen molar-refractivity contribution >= 4 is 11.6 Å². The standard InChI is InChI=1S/C15H18N2O/c1-12(2)11-15(18)16-13-5-7-14(8-6-13)17-9-3-4-10-17/h3-10,12H,11H2,1-2H3,(H,16,18). The van der Waals surface area contributed by atoms with Gasteiger partial charge in [-0.25, -0.2) is 0 Å². The third-order valence-corrected chi connectivity index (χ3v) is 2.65. The molecular formula is C15H18N2O. The third kappa shape index (κ3) is 3.23. The van der Waals surface area contributed by atoms with Crippen LogP contribution in [0.5, 0.6) is 0 Å². The van der Waals surface area contributed by atoms with Gasteiger partial charge in [-0.15, -0.1) is 0 Å². The Morgan fingerprint density at radius 1 is 1.17 bits per heavy atom. The zero-order valence-corrected chi connectivity index (χ0v) is 10.8. The lowest BCUT2D eigenvalue weighted by molar-refractivity contribution is -0.116. The van der Waals surface area contributed by atoms with Gasteiger partial charge in [-0.3, -0.25) is 4.79 Å². The SMILES string of the molecule is CC(C)CC(=O)Nc1ccc(-n2cccc2)cc1. The maximum Gasteiger partial charge on any atom is 0.224 e. The Bertz CT molecular complexity index is 498. The molecule has 3 nitrogen and oxygen atoms in total. The molecule has 0 aliphatic rings. The van der Waals surface area contributed by atoms with Crippen LogP contribution in [-0.4, -0.2) is 10.5 Å². The molecule has 3 heteroatoms. The van der Waals surface area contributed by atoms with Gasteiger partial charge in [0.2, 0.25) is 5.91 Å². The van der Waals surface area contributed by atoms with E-state index in [1.54, 1.807) is 0 Å². The van der Waals surface area contributed by atoms with Crippen LogP contribution in [0.4, 0.5) is 5.69 Å². The van der Waals surface area contributed by atoms with E-state index in [9.17, 15) is 4.79 Å². The molecule has 2 aromatic rings. The van der Waals surface area contributed by atoms with Crippen LogP contribution in [0.2, 0.25) is 0 Å². The summed E-state index contributed by atoms with van der Waals surface area (Å²) in [4.78, 5) is 11.6. The molecule has 2 rings (SSSR count). The summed E-state index contributed by atoms with van der Waals surface area (Å²) in [5, 5.41) is 2.90. The topological polar surface area (TPSA) is 34.0 Å². The van der Waals surface area contributed by atoms with Gasteiger partial charge in [-0.1, -0.05) is 13.8 Å². The van der Waals surface area contributed by atoms with Crippen molar-refractivity contribution in [2.75, 3.05) is 5.32 Å². The molecule has 0 spiro atoms. The van der Waals surface area contributed by atoms with Gasteiger partial charge in [0.05, 0.1) is 0 Å². The fraction of sp³-hybridized carbons (Fsp3) is 0.267. The van der Waals surface area contributed by atoms with E-state index in [0.29, 0.717) is 12.3 Å². The van der Waals surface area contributed by atoms with Crippen LogP contribution in [0.3, 0.4) is 0 Å². The summed E-state index contributed by atoms with van der Waals surface area (Å²) in [6.07, 6.45) is 4.54. The van der Waals surface area contributed by atoms with Crippen molar-refractivity contribution in [3.8, 4) is 5.69 Å². The maximum atomic E-state index is 11.6. The summed E-state index contributed by atoms with van der Waals surface area (Å²) in [6.45, 7) is 4.07. The van der Waals surface area contributed by atoms with Gasteiger partial charge in [0.25, 0.3) is 0 Å². The summed E-state index contributed by atoms with van der Waals surface area (Å²) < 4.78 is 2.03. The molecule has 1 amide bonds. The number of hydrogen-bond donors (Lipinski definition) is 1. The zero-order valence-electron chi connectivity index (χ0n) is 10.8. The molecule has 0 unspecified atom stereocenters. The lowest BCUT2D eigenvalue weighted by Crippen LogP contribution is -2.13. The number of rotatable bonds is 4. The van der Waals surface area contributed by atoms with Crippen molar-refractivity contribution < 1.29 is 4.79 Å². The van der Waals surface area contributed by atoms with Crippen LogP contribution in [0.1, 0.15) is 20.3 Å². The Kier molecular flexibility index (Phi) is 3.82. The smallest absolute Gasteiger partial charge is 0.224 e. The quantitative estimate of drug-likeness (QED) is 0.875. The van der Waals surface area contributed by atoms with Crippen molar-refractivity contribution in [3.05, 3.63) is 48.8 Å². The minimum absolute atomic E-state index is 0.0683. The molecular weight excluding hydrogens is 224 g/mol. The van der Waals surface area contributed by atoms with Gasteiger partial charge in [-0.2, -0.15) is 0 Å². The number of aromatic nitrogens is 1. The van der Waals surface area contributed by atoms with Crippen LogP contribution in [-0.2, 0) is 4.79 Å². The summed E-state index contributed by atoms with van der Waals surface area (Å²) in [5.74, 6) is 0.447. The molecule has 1 N–H and O–H groups in total. The van der Waals surface area contributed by atoms with Crippen molar-refractivity contribution in [2.45, 2.75) is 20.3 Å². The lowest BCUT2D eigenvalue weighted by atomic mass is 10.1. The predicted molar refractivity (Wildman–Crippen MR) is 73.9 cm³/mol. The molecule has 0 atom stereocenters. The summed E-state index contributed by atoms with van der Waals surface area (Å²) >= 11 is 0. The average Bonchev–Trinajstić information content (AvgIpc) is 2.82. The monoisotopic (exact) mass is 242 g/mol. The number of amides is 1. The maximum absolute atomic E-state index is 11.6. The number of nitrogens with zero attached hydrogens (tertiary/aromatic N) is 1. The molecule has 1 aromatic carbocycles. The highest BCUT2D eigenvalue weighted by Crippen LogP contribution is 2.14. The Hall–Kier alpha value is -2.03. The number of anilines is 1. The highest BCUT2D eigenvalue weighted by atomic mass is 16.1. The number of carbonyl (C=O) groups excluding carboxylic acids is 1. The van der Waals surface area contributed by atoms with Crippen molar-refractivity contribution in [1.29, 1.82) is 0 Å². The van der Waals surface area contributed by atoms with Crippen LogP contribution >= 0.6 is 0 Å². The van der Waals surface area contributed by atoms with E-state index in [1.165, 1.54) is 0 Å². The molecule has 18 heavy (non-hydrogen) atoms. The van der Waals surface area contributed by atoms with E-state index in [1.807, 2.05) is 67.2 Å². The van der Waals surface area contributed by atoms with Crippen LogP contribution in [0.25, 0.3) is 5.69 Å². The van der Waals surface area contributed by atoms with Gasteiger partial charge in [0.15, 0.2) is 0 Å². The normalized spacial score (nSPS) is 10.6. The molecule has 0 radical (unpaired) electrons. The van der Waals surface area contributed by atoms with E-state index < -0.39 is 0 Å². The third-order valence-electron chi connectivity index (χ3n) is 2.65. The molecule has 0 fully saturated rings. The minimum Gasteiger partial charge on any atom is -0.326 e. The van der Waals surface area contributed by atoms with E-state index in [4.69, 9.17) is 0 Å². The first kappa shape index (κ1) is 12.4. The highest BCUT2D eigenvalue weighted by molar-refractivity contribution is 5.90. The fourth-order valence-corrected chi connectivity index (χ4v) is 1.81. The molecule has 0 aliphatic heterocycles. The first-order valence-corrected chi connectivity index (χ1v) is 6.18. The van der Waals surface area contributed by atoms with E-state index >= 15 is 0 Å². The van der Waals surface area contributed by atoms with E-state index in [0.717, 1.165) is 11.4 Å². The Morgan fingerprint density at radius 2 is 1.78 bits per heavy atom. The Labute approximate surface area is 107 Å². The second kappa shape index (κ2) is 5.54. The second-order valence-corrected chi connectivity index (χ2v) is 4.78. The first-order chi connectivity index (χ1) is 8.65. The lowest BCUT2D eigenvalue weighted by Gasteiger charge is -2.08. The average molecular weight is 242 g/mol. The second-order valence-electron chi connectivity index (χ2n) is 4.78. The molecule has 94 valence electrons. The van der Waals surface area contributed by atoms with Crippen LogP contribution in [0.15, 0.2) is 48.8 Å². The van der Waals surface area contributed by atoms with Gasteiger partial charge >= 0.3 is 0 Å². The summed E-state index contributed by atoms with van der Waals surface area (Å²) in [7, 11) is 0. The van der Waals surface area contributed by atoms with Crippen molar-refractivity contribution in [3.63, 3.8) is 0 Å². The number of hydrogen-bond acceptors (Lipinski definition) is 1. The van der Waals surface area contributed by atoms with Crippen LogP contribution < -0.4 is 5.32 Å². The van der Waals surface area contributed by atoms with Gasteiger partial charge in [0, 0.05) is 30.2 Å². The van der Waals surface area contributed by atoms with Crippen molar-refractivity contribution in [1.82, 2.24) is 4.57 Å². The minimum atomic E-state index is 0.0683. The molecule has 0 saturated carbocycles. The molecule has 0 aliphatic carbocycles. The molecule has 0 bridgehead atoms. The number of nitrogens with one attached hydrogen (secondary N) is 1. The zero-order chi connectivity index (χ0) is 13.0. The Balaban J connectivity index is 2.02. The molecule has 1 heterocycles. The number of carbonyl (C=O) groups is 1. The first-order valence-electron chi connectivity index (χ1n) is 6.18. The summed E-state index contributed by atoms with van der Waals surface area (Å²) in [5.41, 5.74) is 1.93. The van der Waals surface area contributed by atoms with Gasteiger partial charge in [-0.05, 0) is 42.3 Å². The highest BCUT2D eigenvalue weighted by Gasteiger charge is 2.05. The fourth-order valence-electron chi connectivity index (χ4n) is 1.81. The predicted octanol–water partition coefficient (Wildman–Crippen LogP) is 3.46. The summed E-state index contributed by atoms with van der Waals surface area (Å²) in [6, 6.07) is 11.8. The molecule has 1 aromatic heterocycles. The van der Waals surface area contributed by atoms with Gasteiger partial charge in [0.1, 0.15) is 0 Å². The van der Waals surface area contributed by atoms with E-state index in [2.05, 4.69) is 5.32 Å². The van der Waals surface area contributed by atoms with Crippen LogP contribution in [0, 0.1) is 5.92 Å². The van der Waals surface area contributed by atoms with Crippen molar-refractivity contribution in [2.24, 2.45) is 5.92 Å². The number of benzene rings is 1. The van der Waals surface area contributed by atoms with E-state index in [-0.39, 0.29) is 5.91 Å². The Morgan fingerprint density at radius 3 is 2.33 bits per heavy atom. The largest absolute Gasteiger partial charge is 0.326 e.